The Morgan fingerprint density at radius 2 is 1.95 bits per heavy atom. The van der Waals surface area contributed by atoms with E-state index >= 15 is 0 Å². The number of rotatable bonds is 5. The molecule has 3 nitrogen and oxygen atoms in total. The third-order valence-electron chi connectivity index (χ3n) is 5.19. The number of benzene rings is 1. The fraction of sp³-hybridized carbons (Fsp3) is 0.667. The van der Waals surface area contributed by atoms with E-state index in [1.165, 1.54) is 6.42 Å². The molecule has 1 aromatic rings. The van der Waals surface area contributed by atoms with E-state index in [1.807, 2.05) is 19.1 Å². The number of hydrogen-bond donors (Lipinski definition) is 2. The van der Waals surface area contributed by atoms with Gasteiger partial charge in [0.05, 0.1) is 11.3 Å². The molecule has 1 heterocycles. The summed E-state index contributed by atoms with van der Waals surface area (Å²) in [6, 6.07) is 5.61. The van der Waals surface area contributed by atoms with Gasteiger partial charge in [-0.1, -0.05) is 6.07 Å². The lowest BCUT2D eigenvalue weighted by molar-refractivity contribution is -0.0329. The highest BCUT2D eigenvalue weighted by Crippen LogP contribution is 2.32. The van der Waals surface area contributed by atoms with Gasteiger partial charge in [0, 0.05) is 25.7 Å². The summed E-state index contributed by atoms with van der Waals surface area (Å²) in [6.07, 6.45) is 6.39. The second-order valence-corrected chi connectivity index (χ2v) is 6.94. The van der Waals surface area contributed by atoms with Crippen molar-refractivity contribution in [1.82, 2.24) is 5.32 Å². The van der Waals surface area contributed by atoms with E-state index in [-0.39, 0.29) is 11.9 Å². The van der Waals surface area contributed by atoms with Gasteiger partial charge in [-0.25, -0.2) is 4.39 Å². The Hall–Kier alpha value is -1.13. The van der Waals surface area contributed by atoms with Gasteiger partial charge in [-0.05, 0) is 63.1 Å². The summed E-state index contributed by atoms with van der Waals surface area (Å²) < 4.78 is 14.4. The zero-order valence-corrected chi connectivity index (χ0v) is 13.4. The lowest BCUT2D eigenvalue weighted by Gasteiger charge is -2.37. The van der Waals surface area contributed by atoms with Crippen molar-refractivity contribution in [1.29, 1.82) is 0 Å². The van der Waals surface area contributed by atoms with Gasteiger partial charge in [-0.3, -0.25) is 0 Å². The Balaban J connectivity index is 1.62. The Morgan fingerprint density at radius 3 is 2.55 bits per heavy atom. The normalized spacial score (nSPS) is 22.2. The molecule has 0 radical (unpaired) electrons. The average molecular weight is 306 g/mol. The van der Waals surface area contributed by atoms with Gasteiger partial charge in [-0.15, -0.1) is 0 Å². The van der Waals surface area contributed by atoms with E-state index in [1.54, 1.807) is 6.07 Å². The predicted molar refractivity (Wildman–Crippen MR) is 87.7 cm³/mol. The maximum absolute atomic E-state index is 14.4. The molecule has 2 N–H and O–H groups in total. The fourth-order valence-corrected chi connectivity index (χ4v) is 3.41. The third-order valence-corrected chi connectivity index (χ3v) is 5.19. The van der Waals surface area contributed by atoms with Gasteiger partial charge in [0.15, 0.2) is 0 Å². The van der Waals surface area contributed by atoms with Gasteiger partial charge in [-0.2, -0.15) is 0 Å². The van der Waals surface area contributed by atoms with Crippen LogP contribution in [-0.2, 0) is 0 Å². The molecule has 1 aliphatic carbocycles. The van der Waals surface area contributed by atoms with E-state index in [2.05, 4.69) is 10.2 Å². The highest BCUT2D eigenvalue weighted by molar-refractivity contribution is 5.49. The SMILES string of the molecule is CC(NCC1(O)CCC1)c1ccc(N2CCCCC2)c(F)c1. The Kier molecular flexibility index (Phi) is 4.69. The number of nitrogens with one attached hydrogen (secondary N) is 1. The van der Waals surface area contributed by atoms with Crippen molar-refractivity contribution in [2.45, 2.75) is 57.1 Å². The summed E-state index contributed by atoms with van der Waals surface area (Å²) in [5.74, 6) is -0.129. The quantitative estimate of drug-likeness (QED) is 0.875. The van der Waals surface area contributed by atoms with E-state index in [0.717, 1.165) is 56.4 Å². The zero-order chi connectivity index (χ0) is 15.6. The average Bonchev–Trinajstić information content (AvgIpc) is 2.51. The van der Waals surface area contributed by atoms with Crippen LogP contribution in [0.4, 0.5) is 10.1 Å². The van der Waals surface area contributed by atoms with Crippen LogP contribution >= 0.6 is 0 Å². The second-order valence-electron chi connectivity index (χ2n) is 6.94. The first-order valence-corrected chi connectivity index (χ1v) is 8.58. The van der Waals surface area contributed by atoms with Crippen LogP contribution < -0.4 is 10.2 Å². The number of hydrogen-bond acceptors (Lipinski definition) is 3. The molecule has 0 bridgehead atoms. The van der Waals surface area contributed by atoms with E-state index < -0.39 is 5.60 Å². The first-order chi connectivity index (χ1) is 10.6. The highest BCUT2D eigenvalue weighted by Gasteiger charge is 2.34. The lowest BCUT2D eigenvalue weighted by atomic mass is 9.80. The molecule has 2 aliphatic rings. The van der Waals surface area contributed by atoms with E-state index in [9.17, 15) is 9.50 Å². The standard InChI is InChI=1S/C18H27FN2O/c1-14(20-13-18(22)8-5-9-18)15-6-7-17(16(19)12-15)21-10-3-2-4-11-21/h6-7,12,14,20,22H,2-5,8-11,13H2,1H3. The fourth-order valence-electron chi connectivity index (χ4n) is 3.41. The first-order valence-electron chi connectivity index (χ1n) is 8.58. The van der Waals surface area contributed by atoms with E-state index in [0.29, 0.717) is 6.54 Å². The van der Waals surface area contributed by atoms with Crippen molar-refractivity contribution in [3.8, 4) is 0 Å². The minimum absolute atomic E-state index is 0.0505. The summed E-state index contributed by atoms with van der Waals surface area (Å²) in [7, 11) is 0. The van der Waals surface area contributed by atoms with Crippen molar-refractivity contribution in [2.24, 2.45) is 0 Å². The monoisotopic (exact) mass is 306 g/mol. The van der Waals surface area contributed by atoms with Crippen molar-refractivity contribution in [2.75, 3.05) is 24.5 Å². The molecule has 1 unspecified atom stereocenters. The molecule has 122 valence electrons. The van der Waals surface area contributed by atoms with Crippen molar-refractivity contribution in [3.05, 3.63) is 29.6 Å². The minimum Gasteiger partial charge on any atom is -0.389 e. The molecule has 1 saturated carbocycles. The molecule has 1 aliphatic heterocycles. The van der Waals surface area contributed by atoms with Crippen LogP contribution in [-0.4, -0.2) is 30.3 Å². The summed E-state index contributed by atoms with van der Waals surface area (Å²) >= 11 is 0. The van der Waals surface area contributed by atoms with Crippen LogP contribution in [0.2, 0.25) is 0 Å². The number of halogens is 1. The number of anilines is 1. The maximum Gasteiger partial charge on any atom is 0.146 e. The van der Waals surface area contributed by atoms with Crippen LogP contribution in [0.1, 0.15) is 57.1 Å². The van der Waals surface area contributed by atoms with Crippen LogP contribution in [0.5, 0.6) is 0 Å². The molecule has 0 aromatic heterocycles. The highest BCUT2D eigenvalue weighted by atomic mass is 19.1. The minimum atomic E-state index is -0.541. The molecule has 3 rings (SSSR count). The summed E-state index contributed by atoms with van der Waals surface area (Å²) in [4.78, 5) is 2.15. The van der Waals surface area contributed by atoms with Crippen molar-refractivity contribution >= 4 is 5.69 Å². The van der Waals surface area contributed by atoms with Crippen LogP contribution in [0.15, 0.2) is 18.2 Å². The van der Waals surface area contributed by atoms with Gasteiger partial charge in [0.2, 0.25) is 0 Å². The number of nitrogens with zero attached hydrogens (tertiary/aromatic N) is 1. The topological polar surface area (TPSA) is 35.5 Å². The molecule has 1 aromatic carbocycles. The maximum atomic E-state index is 14.4. The molecule has 2 fully saturated rings. The Bertz CT molecular complexity index is 510. The first kappa shape index (κ1) is 15.8. The molecule has 1 atom stereocenters. The Morgan fingerprint density at radius 1 is 1.23 bits per heavy atom. The second kappa shape index (κ2) is 6.55. The number of piperidine rings is 1. The van der Waals surface area contributed by atoms with Crippen molar-refractivity contribution < 1.29 is 9.50 Å². The van der Waals surface area contributed by atoms with Crippen molar-refractivity contribution in [3.63, 3.8) is 0 Å². The van der Waals surface area contributed by atoms with E-state index in [4.69, 9.17) is 0 Å². The third kappa shape index (κ3) is 3.44. The van der Waals surface area contributed by atoms with Crippen LogP contribution in [0, 0.1) is 5.82 Å². The smallest absolute Gasteiger partial charge is 0.146 e. The van der Waals surface area contributed by atoms with Gasteiger partial charge in [0.25, 0.3) is 0 Å². The summed E-state index contributed by atoms with van der Waals surface area (Å²) in [5, 5.41) is 13.5. The molecule has 0 spiro atoms. The molecule has 1 saturated heterocycles. The van der Waals surface area contributed by atoms with Gasteiger partial charge >= 0.3 is 0 Å². The summed E-state index contributed by atoms with van der Waals surface area (Å²) in [5.41, 5.74) is 1.13. The largest absolute Gasteiger partial charge is 0.389 e. The summed E-state index contributed by atoms with van der Waals surface area (Å²) in [6.45, 7) is 4.52. The Labute approximate surface area is 132 Å². The van der Waals surface area contributed by atoms with Gasteiger partial charge in [0.1, 0.15) is 5.82 Å². The lowest BCUT2D eigenvalue weighted by Crippen LogP contribution is -2.46. The predicted octanol–water partition coefficient (Wildman–Crippen LogP) is 3.38. The molecule has 0 amide bonds. The zero-order valence-electron chi connectivity index (χ0n) is 13.4. The molecule has 4 heteroatoms. The molecule has 22 heavy (non-hydrogen) atoms. The van der Waals surface area contributed by atoms with Crippen LogP contribution in [0.3, 0.4) is 0 Å². The van der Waals surface area contributed by atoms with Crippen LogP contribution in [0.25, 0.3) is 0 Å². The molecular formula is C18H27FN2O. The molecular weight excluding hydrogens is 279 g/mol. The number of aliphatic hydroxyl groups is 1. The van der Waals surface area contributed by atoms with Gasteiger partial charge < -0.3 is 15.3 Å².